The highest BCUT2D eigenvalue weighted by Gasteiger charge is 2.44. The van der Waals surface area contributed by atoms with Crippen molar-refractivity contribution in [2.24, 2.45) is 0 Å². The van der Waals surface area contributed by atoms with Crippen molar-refractivity contribution >= 4 is 5.97 Å². The maximum atomic E-state index is 11.9. The van der Waals surface area contributed by atoms with Crippen molar-refractivity contribution < 1.29 is 44.5 Å². The highest BCUT2D eigenvalue weighted by Crippen LogP contribution is 2.22. The first-order valence-electron chi connectivity index (χ1n) is 13.5. The topological polar surface area (TPSA) is 146 Å². The van der Waals surface area contributed by atoms with Gasteiger partial charge in [-0.2, -0.15) is 0 Å². The van der Waals surface area contributed by atoms with E-state index in [2.05, 4.69) is 31.2 Å². The Morgan fingerprint density at radius 1 is 0.861 bits per heavy atom. The predicted molar refractivity (Wildman–Crippen MR) is 136 cm³/mol. The van der Waals surface area contributed by atoms with Gasteiger partial charge < -0.3 is 39.7 Å². The Balaban J connectivity index is 2.00. The average molecular weight is 517 g/mol. The summed E-state index contributed by atoms with van der Waals surface area (Å²) < 4.78 is 15.5. The summed E-state index contributed by atoms with van der Waals surface area (Å²) in [4.78, 5) is 11.9. The Bertz CT molecular complexity index is 608. The summed E-state index contributed by atoms with van der Waals surface area (Å²) >= 11 is 0. The van der Waals surface area contributed by atoms with E-state index in [4.69, 9.17) is 19.3 Å². The maximum absolute atomic E-state index is 11.9. The lowest BCUT2D eigenvalue weighted by Crippen LogP contribution is -2.59. The van der Waals surface area contributed by atoms with Crippen LogP contribution in [0.5, 0.6) is 0 Å². The fourth-order valence-corrected chi connectivity index (χ4v) is 3.80. The zero-order valence-corrected chi connectivity index (χ0v) is 21.7. The third-order valence-electron chi connectivity index (χ3n) is 6.07. The summed E-state index contributed by atoms with van der Waals surface area (Å²) in [6.45, 7) is 1.06. The van der Waals surface area contributed by atoms with E-state index in [0.29, 0.717) is 0 Å². The molecule has 1 unspecified atom stereocenters. The second-order valence-corrected chi connectivity index (χ2v) is 9.35. The summed E-state index contributed by atoms with van der Waals surface area (Å²) in [6.07, 6.45) is 13.2. The van der Waals surface area contributed by atoms with Crippen LogP contribution in [0.4, 0.5) is 0 Å². The van der Waals surface area contributed by atoms with Crippen LogP contribution in [0.2, 0.25) is 0 Å². The molecule has 1 rings (SSSR count). The monoisotopic (exact) mass is 516 g/mol. The number of carbonyl (C=O) groups is 1. The molecule has 5 N–H and O–H groups in total. The van der Waals surface area contributed by atoms with E-state index in [1.807, 2.05) is 0 Å². The predicted octanol–water partition coefficient (Wildman–Crippen LogP) is 2.52. The largest absolute Gasteiger partial charge is 0.463 e. The van der Waals surface area contributed by atoms with Crippen LogP contribution >= 0.6 is 0 Å². The van der Waals surface area contributed by atoms with Gasteiger partial charge in [0, 0.05) is 6.42 Å². The third kappa shape index (κ3) is 14.4. The minimum atomic E-state index is -1.56. The van der Waals surface area contributed by atoms with Gasteiger partial charge in [0.2, 0.25) is 0 Å². The number of aliphatic hydroxyl groups excluding tert-OH is 5. The lowest BCUT2D eigenvalue weighted by Gasteiger charge is -2.39. The first-order valence-corrected chi connectivity index (χ1v) is 13.5. The molecule has 0 aliphatic carbocycles. The molecule has 0 spiro atoms. The summed E-state index contributed by atoms with van der Waals surface area (Å²) in [5, 5.41) is 48.5. The van der Waals surface area contributed by atoms with Crippen LogP contribution < -0.4 is 0 Å². The molecule has 9 heteroatoms. The Kier molecular flexibility index (Phi) is 18.8. The molecule has 0 aromatic carbocycles. The van der Waals surface area contributed by atoms with Crippen LogP contribution in [0.1, 0.15) is 84.0 Å². The van der Waals surface area contributed by atoms with Crippen molar-refractivity contribution in [2.75, 3.05) is 19.8 Å². The molecule has 9 nitrogen and oxygen atoms in total. The molecular formula is C27H48O9. The number of hydrogen-bond donors (Lipinski definition) is 5. The van der Waals surface area contributed by atoms with Crippen molar-refractivity contribution in [1.29, 1.82) is 0 Å². The molecular weight excluding hydrogens is 468 g/mol. The molecule has 1 aliphatic heterocycles. The smallest absolute Gasteiger partial charge is 0.305 e. The molecule has 0 saturated carbocycles. The zero-order chi connectivity index (χ0) is 26.6. The lowest BCUT2D eigenvalue weighted by atomic mass is 9.99. The van der Waals surface area contributed by atoms with Gasteiger partial charge in [-0.15, -0.1) is 0 Å². The number of rotatable bonds is 20. The van der Waals surface area contributed by atoms with Gasteiger partial charge in [0.1, 0.15) is 37.1 Å². The van der Waals surface area contributed by atoms with E-state index in [-0.39, 0.29) is 19.6 Å². The maximum Gasteiger partial charge on any atom is 0.305 e. The summed E-state index contributed by atoms with van der Waals surface area (Å²) in [7, 11) is 0. The van der Waals surface area contributed by atoms with E-state index >= 15 is 0 Å². The van der Waals surface area contributed by atoms with Crippen molar-refractivity contribution in [3.8, 4) is 0 Å². The molecule has 6 atom stereocenters. The van der Waals surface area contributed by atoms with Crippen LogP contribution in [0.25, 0.3) is 0 Å². The number of hydrogen-bond acceptors (Lipinski definition) is 9. The Labute approximate surface area is 215 Å². The van der Waals surface area contributed by atoms with Crippen molar-refractivity contribution in [3.63, 3.8) is 0 Å². The van der Waals surface area contributed by atoms with E-state index in [0.717, 1.165) is 44.9 Å². The number of ether oxygens (including phenoxy) is 3. The molecule has 0 aromatic heterocycles. The lowest BCUT2D eigenvalue weighted by molar-refractivity contribution is -0.305. The molecule has 0 amide bonds. The number of aliphatic hydroxyl groups is 5. The Morgan fingerprint density at radius 3 is 2.17 bits per heavy atom. The summed E-state index contributed by atoms with van der Waals surface area (Å²) in [5.74, 6) is -0.396. The van der Waals surface area contributed by atoms with Crippen LogP contribution in [0, 0.1) is 0 Å². The minimum absolute atomic E-state index is 0.267. The standard InChI is InChI=1S/C27H48O9/c1-2-3-4-5-6-7-8-9-10-11-12-13-14-15-16-17-23(30)34-19-21(29)20-35-27-26(33)25(32)24(31)22(18-28)36-27/h6-7,9-10,21-22,24-29,31-33H,2-5,8,11-20H2,1H3/b7-6-,10-9-/t21?,22-,24+,25+,26+,27-/m1/s1. The van der Waals surface area contributed by atoms with E-state index in [1.54, 1.807) is 0 Å². The average Bonchev–Trinajstić information content (AvgIpc) is 2.88. The van der Waals surface area contributed by atoms with E-state index in [9.17, 15) is 25.2 Å². The van der Waals surface area contributed by atoms with Gasteiger partial charge in [-0.25, -0.2) is 0 Å². The van der Waals surface area contributed by atoms with Gasteiger partial charge in [-0.05, 0) is 38.5 Å². The molecule has 0 aromatic rings. The first-order chi connectivity index (χ1) is 17.4. The minimum Gasteiger partial charge on any atom is -0.463 e. The second kappa shape index (κ2) is 20.7. The van der Waals surface area contributed by atoms with Gasteiger partial charge in [0.25, 0.3) is 0 Å². The van der Waals surface area contributed by atoms with Crippen LogP contribution in [-0.2, 0) is 19.0 Å². The van der Waals surface area contributed by atoms with Crippen LogP contribution in [0.3, 0.4) is 0 Å². The number of carbonyl (C=O) groups excluding carboxylic acids is 1. The number of unbranched alkanes of at least 4 members (excludes halogenated alkanes) is 8. The van der Waals surface area contributed by atoms with Gasteiger partial charge in [-0.3, -0.25) is 4.79 Å². The fourth-order valence-electron chi connectivity index (χ4n) is 3.80. The SMILES string of the molecule is CCCCC/C=C\C/C=C\CCCCCCCC(=O)OCC(O)CO[C@@H]1O[C@H](CO)[C@H](O)[C@H](O)[C@@H]1O. The Morgan fingerprint density at radius 2 is 1.50 bits per heavy atom. The van der Waals surface area contributed by atoms with Crippen molar-refractivity contribution in [1.82, 2.24) is 0 Å². The van der Waals surface area contributed by atoms with Gasteiger partial charge in [-0.1, -0.05) is 63.3 Å². The van der Waals surface area contributed by atoms with Crippen LogP contribution in [0.15, 0.2) is 24.3 Å². The molecule has 210 valence electrons. The quantitative estimate of drug-likeness (QED) is 0.0936. The normalized spacial score (nSPS) is 25.6. The highest BCUT2D eigenvalue weighted by molar-refractivity contribution is 5.69. The summed E-state index contributed by atoms with van der Waals surface area (Å²) in [5.41, 5.74) is 0. The fraction of sp³-hybridized carbons (Fsp3) is 0.815. The molecule has 1 aliphatic rings. The first kappa shape index (κ1) is 32.7. The molecule has 1 saturated heterocycles. The van der Waals surface area contributed by atoms with E-state index in [1.165, 1.54) is 25.7 Å². The van der Waals surface area contributed by atoms with Crippen molar-refractivity contribution in [2.45, 2.75) is 121 Å². The van der Waals surface area contributed by atoms with Gasteiger partial charge >= 0.3 is 5.97 Å². The van der Waals surface area contributed by atoms with Crippen LogP contribution in [-0.4, -0.2) is 88.1 Å². The summed E-state index contributed by atoms with van der Waals surface area (Å²) in [6, 6.07) is 0. The Hall–Kier alpha value is -1.33. The molecule has 0 bridgehead atoms. The molecule has 36 heavy (non-hydrogen) atoms. The number of allylic oxidation sites excluding steroid dienone is 4. The van der Waals surface area contributed by atoms with Gasteiger partial charge in [0.05, 0.1) is 13.2 Å². The van der Waals surface area contributed by atoms with E-state index < -0.39 is 49.4 Å². The molecule has 0 radical (unpaired) electrons. The third-order valence-corrected chi connectivity index (χ3v) is 6.07. The van der Waals surface area contributed by atoms with Gasteiger partial charge in [0.15, 0.2) is 6.29 Å². The highest BCUT2D eigenvalue weighted by atomic mass is 16.7. The molecule has 1 heterocycles. The molecule has 1 fully saturated rings. The zero-order valence-electron chi connectivity index (χ0n) is 21.7. The number of esters is 1. The second-order valence-electron chi connectivity index (χ2n) is 9.35. The van der Waals surface area contributed by atoms with Crippen molar-refractivity contribution in [3.05, 3.63) is 24.3 Å².